The van der Waals surface area contributed by atoms with Crippen LogP contribution in [-0.2, 0) is 26.2 Å². The van der Waals surface area contributed by atoms with Gasteiger partial charge >= 0.3 is 0 Å². The lowest BCUT2D eigenvalue weighted by atomic mass is 10.1. The molecule has 3 aromatic carbocycles. The fraction of sp³-hybridized carbons (Fsp3) is 0.310. The Morgan fingerprint density at radius 1 is 1.03 bits per heavy atom. The van der Waals surface area contributed by atoms with Crippen LogP contribution in [0, 0.1) is 12.7 Å². The summed E-state index contributed by atoms with van der Waals surface area (Å²) in [4.78, 5) is 27.9. The molecule has 8 nitrogen and oxygen atoms in total. The first kappa shape index (κ1) is 29.6. The van der Waals surface area contributed by atoms with E-state index in [2.05, 4.69) is 5.32 Å². The van der Waals surface area contributed by atoms with Crippen molar-refractivity contribution in [3.63, 3.8) is 0 Å². The molecule has 0 aliphatic heterocycles. The third-order valence-electron chi connectivity index (χ3n) is 6.24. The summed E-state index contributed by atoms with van der Waals surface area (Å²) in [5.41, 5.74) is 1.29. The molecule has 0 saturated heterocycles. The van der Waals surface area contributed by atoms with Gasteiger partial charge in [0.2, 0.25) is 11.8 Å². The largest absolute Gasteiger partial charge is 0.497 e. The zero-order valence-corrected chi connectivity index (χ0v) is 23.4. The number of aryl methyl sites for hydroxylation is 1. The minimum absolute atomic E-state index is 0.00175. The van der Waals surface area contributed by atoms with E-state index in [1.807, 2.05) is 13.8 Å². The molecule has 10 heteroatoms. The van der Waals surface area contributed by atoms with Crippen molar-refractivity contribution in [3.8, 4) is 5.75 Å². The van der Waals surface area contributed by atoms with Gasteiger partial charge in [-0.3, -0.25) is 13.9 Å². The molecule has 39 heavy (non-hydrogen) atoms. The molecule has 0 spiro atoms. The van der Waals surface area contributed by atoms with Gasteiger partial charge in [0.25, 0.3) is 10.0 Å². The fourth-order valence-corrected chi connectivity index (χ4v) is 5.33. The van der Waals surface area contributed by atoms with Crippen LogP contribution in [0.15, 0.2) is 77.7 Å². The first-order valence-corrected chi connectivity index (χ1v) is 14.1. The van der Waals surface area contributed by atoms with Gasteiger partial charge in [-0.2, -0.15) is 0 Å². The van der Waals surface area contributed by atoms with Crippen LogP contribution in [0.1, 0.15) is 31.4 Å². The highest BCUT2D eigenvalue weighted by Gasteiger charge is 2.33. The normalized spacial score (nSPS) is 11.9. The topological polar surface area (TPSA) is 96.0 Å². The second-order valence-corrected chi connectivity index (χ2v) is 11.0. The number of sulfonamides is 1. The summed E-state index contributed by atoms with van der Waals surface area (Å²) in [7, 11) is -2.76. The average Bonchev–Trinajstić information content (AvgIpc) is 2.93. The standard InChI is InChI=1S/C29H34FN3O5S/c1-5-17-31-29(35)22(3)32(19-23-9-6-7-12-27(23)30)28(34)20-33(24-10-8-11-25(18-24)38-4)39(36,37)26-15-13-21(2)14-16-26/h6-16,18,22H,5,17,19-20H2,1-4H3,(H,31,35)/t22-/m0/s1. The number of methoxy groups -OCH3 is 1. The molecule has 0 radical (unpaired) electrons. The number of nitrogens with one attached hydrogen (secondary N) is 1. The highest BCUT2D eigenvalue weighted by Crippen LogP contribution is 2.28. The van der Waals surface area contributed by atoms with Gasteiger partial charge in [-0.15, -0.1) is 0 Å². The van der Waals surface area contributed by atoms with Crippen LogP contribution in [0.4, 0.5) is 10.1 Å². The molecule has 1 N–H and O–H groups in total. The molecule has 3 rings (SSSR count). The number of halogens is 1. The maximum atomic E-state index is 14.6. The molecular weight excluding hydrogens is 521 g/mol. The summed E-state index contributed by atoms with van der Waals surface area (Å²) >= 11 is 0. The number of rotatable bonds is 12. The fourth-order valence-electron chi connectivity index (χ4n) is 3.92. The molecule has 2 amide bonds. The second-order valence-electron chi connectivity index (χ2n) is 9.11. The highest BCUT2D eigenvalue weighted by molar-refractivity contribution is 7.92. The van der Waals surface area contributed by atoms with Gasteiger partial charge in [-0.05, 0) is 50.6 Å². The Kier molecular flexibility index (Phi) is 10.1. The molecule has 1 atom stereocenters. The van der Waals surface area contributed by atoms with E-state index in [9.17, 15) is 22.4 Å². The van der Waals surface area contributed by atoms with Gasteiger partial charge in [0, 0.05) is 24.7 Å². The molecule has 3 aromatic rings. The highest BCUT2D eigenvalue weighted by atomic mass is 32.2. The van der Waals surface area contributed by atoms with Crippen molar-refractivity contribution in [1.29, 1.82) is 0 Å². The van der Waals surface area contributed by atoms with Crippen LogP contribution in [0.25, 0.3) is 0 Å². The van der Waals surface area contributed by atoms with E-state index in [0.29, 0.717) is 18.7 Å². The van der Waals surface area contributed by atoms with E-state index in [4.69, 9.17) is 4.74 Å². The number of carbonyl (C=O) groups is 2. The van der Waals surface area contributed by atoms with Crippen molar-refractivity contribution >= 4 is 27.5 Å². The van der Waals surface area contributed by atoms with Gasteiger partial charge < -0.3 is 15.0 Å². The minimum Gasteiger partial charge on any atom is -0.497 e. The quantitative estimate of drug-likeness (QED) is 0.360. The molecule has 0 aliphatic carbocycles. The predicted octanol–water partition coefficient (Wildman–Crippen LogP) is 4.28. The molecular formula is C29H34FN3O5S. The van der Waals surface area contributed by atoms with E-state index in [-0.39, 0.29) is 22.7 Å². The molecule has 0 aromatic heterocycles. The number of ether oxygens (including phenoxy) is 1. The number of benzene rings is 3. The summed E-state index contributed by atoms with van der Waals surface area (Å²) in [5, 5.41) is 2.75. The number of amides is 2. The average molecular weight is 556 g/mol. The summed E-state index contributed by atoms with van der Waals surface area (Å²) < 4.78 is 48.5. The Bertz CT molecular complexity index is 1400. The van der Waals surface area contributed by atoms with Crippen molar-refractivity contribution in [1.82, 2.24) is 10.2 Å². The monoisotopic (exact) mass is 555 g/mol. The summed E-state index contributed by atoms with van der Waals surface area (Å²) in [6, 6.07) is 17.6. The van der Waals surface area contributed by atoms with Gasteiger partial charge in [0.1, 0.15) is 24.2 Å². The lowest BCUT2D eigenvalue weighted by molar-refractivity contribution is -0.139. The molecule has 0 aliphatic rings. The smallest absolute Gasteiger partial charge is 0.264 e. The Morgan fingerprint density at radius 2 is 1.72 bits per heavy atom. The molecule has 0 bridgehead atoms. The van der Waals surface area contributed by atoms with Crippen molar-refractivity contribution in [2.45, 2.75) is 44.7 Å². The van der Waals surface area contributed by atoms with E-state index in [1.165, 1.54) is 55.3 Å². The van der Waals surface area contributed by atoms with Gasteiger partial charge in [0.05, 0.1) is 17.7 Å². The first-order chi connectivity index (χ1) is 18.6. The molecule has 0 fully saturated rings. The Labute approximate surface area is 229 Å². The van der Waals surface area contributed by atoms with Crippen LogP contribution in [0.2, 0.25) is 0 Å². The zero-order valence-electron chi connectivity index (χ0n) is 22.6. The van der Waals surface area contributed by atoms with Crippen molar-refractivity contribution in [2.75, 3.05) is 24.5 Å². The van der Waals surface area contributed by atoms with E-state index in [0.717, 1.165) is 9.87 Å². The summed E-state index contributed by atoms with van der Waals surface area (Å²) in [6.07, 6.45) is 0.693. The molecule has 208 valence electrons. The van der Waals surface area contributed by atoms with Crippen LogP contribution < -0.4 is 14.4 Å². The third-order valence-corrected chi connectivity index (χ3v) is 8.03. The summed E-state index contributed by atoms with van der Waals surface area (Å²) in [5.74, 6) is -1.22. The second kappa shape index (κ2) is 13.2. The maximum Gasteiger partial charge on any atom is 0.264 e. The number of hydrogen-bond acceptors (Lipinski definition) is 5. The number of hydrogen-bond donors (Lipinski definition) is 1. The minimum atomic E-state index is -4.21. The van der Waals surface area contributed by atoms with E-state index >= 15 is 0 Å². The SMILES string of the molecule is CCCNC(=O)[C@H](C)N(Cc1ccccc1F)C(=O)CN(c1cccc(OC)c1)S(=O)(=O)c1ccc(C)cc1. The van der Waals surface area contributed by atoms with Crippen LogP contribution in [-0.4, -0.2) is 51.4 Å². The number of anilines is 1. The third kappa shape index (κ3) is 7.35. The van der Waals surface area contributed by atoms with Gasteiger partial charge in [-0.25, -0.2) is 12.8 Å². The van der Waals surface area contributed by atoms with Crippen molar-refractivity contribution < 1.29 is 27.1 Å². The van der Waals surface area contributed by atoms with Gasteiger partial charge in [0.15, 0.2) is 0 Å². The zero-order chi connectivity index (χ0) is 28.6. The first-order valence-electron chi connectivity index (χ1n) is 12.6. The Hall–Kier alpha value is -3.92. The number of carbonyl (C=O) groups excluding carboxylic acids is 2. The van der Waals surface area contributed by atoms with Crippen LogP contribution in [0.5, 0.6) is 5.75 Å². The Balaban J connectivity index is 2.05. The lowest BCUT2D eigenvalue weighted by Gasteiger charge is -2.32. The molecule has 0 saturated carbocycles. The predicted molar refractivity (Wildman–Crippen MR) is 148 cm³/mol. The summed E-state index contributed by atoms with van der Waals surface area (Å²) in [6.45, 7) is 4.84. The van der Waals surface area contributed by atoms with Gasteiger partial charge in [-0.1, -0.05) is 48.9 Å². The van der Waals surface area contributed by atoms with E-state index < -0.39 is 40.2 Å². The maximum absolute atomic E-state index is 14.6. The van der Waals surface area contributed by atoms with Crippen LogP contribution >= 0.6 is 0 Å². The number of nitrogens with zero attached hydrogens (tertiary/aromatic N) is 2. The lowest BCUT2D eigenvalue weighted by Crippen LogP contribution is -2.51. The Morgan fingerprint density at radius 3 is 2.36 bits per heavy atom. The van der Waals surface area contributed by atoms with E-state index in [1.54, 1.807) is 36.4 Å². The van der Waals surface area contributed by atoms with Crippen molar-refractivity contribution in [3.05, 3.63) is 89.7 Å². The van der Waals surface area contributed by atoms with Crippen molar-refractivity contribution in [2.24, 2.45) is 0 Å². The van der Waals surface area contributed by atoms with Crippen LogP contribution in [0.3, 0.4) is 0 Å². The molecule has 0 unspecified atom stereocenters. The molecule has 0 heterocycles.